The summed E-state index contributed by atoms with van der Waals surface area (Å²) >= 11 is 0. The molecule has 1 atom stereocenters. The summed E-state index contributed by atoms with van der Waals surface area (Å²) in [6.45, 7) is 5.30. The fourth-order valence-electron chi connectivity index (χ4n) is 2.80. The predicted molar refractivity (Wildman–Crippen MR) is 109 cm³/mol. The molecular formula is C20H38NO4P. The van der Waals surface area contributed by atoms with Gasteiger partial charge in [0.05, 0.1) is 25.6 Å². The molecular weight excluding hydrogens is 349 g/mol. The van der Waals surface area contributed by atoms with Gasteiger partial charge in [0.15, 0.2) is 0 Å². The molecule has 1 aliphatic heterocycles. The molecule has 0 amide bonds. The molecule has 0 aromatic heterocycles. The van der Waals surface area contributed by atoms with Gasteiger partial charge in [-0.1, -0.05) is 78.1 Å². The first-order chi connectivity index (χ1) is 12.7. The maximum absolute atomic E-state index is 13.1. The van der Waals surface area contributed by atoms with Crippen molar-refractivity contribution in [3.05, 3.63) is 12.5 Å². The van der Waals surface area contributed by atoms with Crippen LogP contribution in [0.2, 0.25) is 0 Å². The zero-order chi connectivity index (χ0) is 18.9. The average molecular weight is 388 g/mol. The van der Waals surface area contributed by atoms with Gasteiger partial charge in [-0.25, -0.2) is 0 Å². The van der Waals surface area contributed by atoms with Crippen LogP contribution in [0.4, 0.5) is 0 Å². The van der Waals surface area contributed by atoms with Gasteiger partial charge in [0, 0.05) is 0 Å². The first-order valence-corrected chi connectivity index (χ1v) is 12.1. The number of aliphatic imine (C=N–C) groups is 1. The number of hydrogen-bond acceptors (Lipinski definition) is 5. The van der Waals surface area contributed by atoms with E-state index in [1.54, 1.807) is 0 Å². The lowest BCUT2D eigenvalue weighted by molar-refractivity contribution is 0.151. The zero-order valence-corrected chi connectivity index (χ0v) is 17.6. The molecule has 1 aliphatic rings. The highest BCUT2D eigenvalue weighted by Crippen LogP contribution is 2.53. The molecule has 0 aromatic rings. The van der Waals surface area contributed by atoms with Crippen LogP contribution >= 0.6 is 7.60 Å². The number of ether oxygens (including phenoxy) is 1. The first kappa shape index (κ1) is 23.4. The third-order valence-electron chi connectivity index (χ3n) is 4.43. The standard InChI is InChI=1S/C20H38NO4P/c1-3-5-7-9-11-13-16-24-26(22,20-19-21-15-18-23-20)25-17-14-12-10-8-6-4-2/h15,18-20H,3-14,16-17H2,1-2H3. The van der Waals surface area contributed by atoms with E-state index < -0.39 is 13.4 Å². The summed E-state index contributed by atoms with van der Waals surface area (Å²) in [5.41, 5.74) is 0. The van der Waals surface area contributed by atoms with Crippen molar-refractivity contribution in [2.75, 3.05) is 13.2 Å². The summed E-state index contributed by atoms with van der Waals surface area (Å²) in [6, 6.07) is 0. The van der Waals surface area contributed by atoms with Gasteiger partial charge >= 0.3 is 7.60 Å². The Labute approximate surface area is 160 Å². The van der Waals surface area contributed by atoms with E-state index in [1.165, 1.54) is 70.0 Å². The monoisotopic (exact) mass is 387 g/mol. The van der Waals surface area contributed by atoms with Gasteiger partial charge in [0.2, 0.25) is 5.85 Å². The Hall–Kier alpha value is -0.640. The Morgan fingerprint density at radius 2 is 1.35 bits per heavy atom. The SMILES string of the molecule is CCCCCCCCOP(=O)(OCCCCCCCC)C1C=NC=CO1. The molecule has 1 unspecified atom stereocenters. The quantitative estimate of drug-likeness (QED) is 0.203. The summed E-state index contributed by atoms with van der Waals surface area (Å²) < 4.78 is 30.0. The van der Waals surface area contributed by atoms with Gasteiger partial charge in [-0.2, -0.15) is 0 Å². The minimum Gasteiger partial charge on any atom is -0.478 e. The topological polar surface area (TPSA) is 57.1 Å². The Kier molecular flexibility index (Phi) is 13.9. The van der Waals surface area contributed by atoms with Crippen LogP contribution in [0.1, 0.15) is 90.9 Å². The van der Waals surface area contributed by atoms with Gasteiger partial charge < -0.3 is 13.8 Å². The molecule has 0 saturated carbocycles. The van der Waals surface area contributed by atoms with Crippen LogP contribution in [-0.2, 0) is 18.3 Å². The molecule has 0 aromatic carbocycles. The highest BCUT2D eigenvalue weighted by atomic mass is 31.2. The van der Waals surface area contributed by atoms with Crippen molar-refractivity contribution in [2.45, 2.75) is 96.7 Å². The van der Waals surface area contributed by atoms with Crippen molar-refractivity contribution in [3.63, 3.8) is 0 Å². The summed E-state index contributed by atoms with van der Waals surface area (Å²) in [6.07, 6.45) is 18.4. The summed E-state index contributed by atoms with van der Waals surface area (Å²) in [7, 11) is -3.34. The molecule has 0 radical (unpaired) electrons. The lowest BCUT2D eigenvalue weighted by Gasteiger charge is -2.24. The zero-order valence-electron chi connectivity index (χ0n) is 16.7. The van der Waals surface area contributed by atoms with E-state index in [0.29, 0.717) is 13.2 Å². The maximum atomic E-state index is 13.1. The van der Waals surface area contributed by atoms with Gasteiger partial charge in [0.1, 0.15) is 6.26 Å². The lowest BCUT2D eigenvalue weighted by Crippen LogP contribution is -2.18. The van der Waals surface area contributed by atoms with Crippen LogP contribution in [0, 0.1) is 0 Å². The Balaban J connectivity index is 2.31. The highest BCUT2D eigenvalue weighted by Gasteiger charge is 2.37. The molecule has 0 spiro atoms. The summed E-state index contributed by atoms with van der Waals surface area (Å²) in [5.74, 6) is -0.729. The van der Waals surface area contributed by atoms with Crippen LogP contribution < -0.4 is 0 Å². The minimum absolute atomic E-state index is 0.442. The van der Waals surface area contributed by atoms with Gasteiger partial charge in [-0.05, 0) is 12.8 Å². The second-order valence-electron chi connectivity index (χ2n) is 6.85. The molecule has 0 N–H and O–H groups in total. The molecule has 5 nitrogen and oxygen atoms in total. The fraction of sp³-hybridized carbons (Fsp3) is 0.850. The summed E-state index contributed by atoms with van der Waals surface area (Å²) in [4.78, 5) is 4.02. The molecule has 0 aliphatic carbocycles. The van der Waals surface area contributed by atoms with E-state index in [1.807, 2.05) is 0 Å². The van der Waals surface area contributed by atoms with Crippen LogP contribution in [-0.4, -0.2) is 25.3 Å². The number of rotatable bonds is 17. The normalized spacial score (nSPS) is 16.8. The Bertz CT molecular complexity index is 418. The predicted octanol–water partition coefficient (Wildman–Crippen LogP) is 6.83. The van der Waals surface area contributed by atoms with Crippen molar-refractivity contribution in [2.24, 2.45) is 4.99 Å². The highest BCUT2D eigenvalue weighted by molar-refractivity contribution is 7.55. The molecule has 0 saturated heterocycles. The number of unbranched alkanes of at least 4 members (excludes halogenated alkanes) is 10. The maximum Gasteiger partial charge on any atom is 0.376 e. The Morgan fingerprint density at radius 3 is 1.81 bits per heavy atom. The third kappa shape index (κ3) is 10.5. The van der Waals surface area contributed by atoms with Crippen molar-refractivity contribution in [1.82, 2.24) is 0 Å². The molecule has 152 valence electrons. The molecule has 6 heteroatoms. The van der Waals surface area contributed by atoms with Crippen molar-refractivity contribution < 1.29 is 18.3 Å². The van der Waals surface area contributed by atoms with Crippen LogP contribution in [0.3, 0.4) is 0 Å². The van der Waals surface area contributed by atoms with Crippen LogP contribution in [0.5, 0.6) is 0 Å². The van der Waals surface area contributed by atoms with Crippen molar-refractivity contribution in [3.8, 4) is 0 Å². The van der Waals surface area contributed by atoms with E-state index in [-0.39, 0.29) is 0 Å². The number of hydrogen-bond donors (Lipinski definition) is 0. The van der Waals surface area contributed by atoms with E-state index >= 15 is 0 Å². The smallest absolute Gasteiger partial charge is 0.376 e. The van der Waals surface area contributed by atoms with Crippen LogP contribution in [0.25, 0.3) is 0 Å². The first-order valence-electron chi connectivity index (χ1n) is 10.5. The molecule has 0 fully saturated rings. The van der Waals surface area contributed by atoms with E-state index in [0.717, 1.165) is 25.7 Å². The van der Waals surface area contributed by atoms with Gasteiger partial charge in [-0.3, -0.25) is 9.56 Å². The molecule has 0 bridgehead atoms. The average Bonchev–Trinajstić information content (AvgIpc) is 2.67. The van der Waals surface area contributed by atoms with Gasteiger partial charge in [0.25, 0.3) is 0 Å². The molecule has 1 heterocycles. The molecule has 26 heavy (non-hydrogen) atoms. The van der Waals surface area contributed by atoms with Crippen molar-refractivity contribution >= 4 is 13.8 Å². The molecule has 1 rings (SSSR count). The van der Waals surface area contributed by atoms with E-state index in [9.17, 15) is 4.57 Å². The third-order valence-corrected chi connectivity index (χ3v) is 6.39. The minimum atomic E-state index is -3.34. The van der Waals surface area contributed by atoms with Crippen molar-refractivity contribution in [1.29, 1.82) is 0 Å². The summed E-state index contributed by atoms with van der Waals surface area (Å²) in [5, 5.41) is 0. The largest absolute Gasteiger partial charge is 0.478 e. The fourth-order valence-corrected chi connectivity index (χ4v) is 4.39. The van der Waals surface area contributed by atoms with E-state index in [4.69, 9.17) is 13.8 Å². The Morgan fingerprint density at radius 1 is 0.846 bits per heavy atom. The van der Waals surface area contributed by atoms with E-state index in [2.05, 4.69) is 18.8 Å². The van der Waals surface area contributed by atoms with Crippen LogP contribution in [0.15, 0.2) is 17.5 Å². The van der Waals surface area contributed by atoms with Gasteiger partial charge in [-0.15, -0.1) is 0 Å². The number of nitrogens with zero attached hydrogens (tertiary/aromatic N) is 1. The lowest BCUT2D eigenvalue weighted by atomic mass is 10.1. The second kappa shape index (κ2) is 15.4. The second-order valence-corrected chi connectivity index (χ2v) is 8.96.